The predicted octanol–water partition coefficient (Wildman–Crippen LogP) is 1.66. The van der Waals surface area contributed by atoms with Crippen molar-refractivity contribution in [2.75, 3.05) is 6.61 Å². The van der Waals surface area contributed by atoms with Crippen LogP contribution in [0.1, 0.15) is 31.1 Å². The minimum atomic E-state index is -0.355. The average Bonchev–Trinajstić information content (AvgIpc) is 2.23. The first-order valence-electron chi connectivity index (χ1n) is 4.64. The number of halogens is 1. The van der Waals surface area contributed by atoms with E-state index in [1.54, 1.807) is 6.07 Å². The maximum absolute atomic E-state index is 11.0. The number of hydrogen-bond acceptors (Lipinski definition) is 3. The van der Waals surface area contributed by atoms with Crippen molar-refractivity contribution >= 4 is 11.6 Å². The fourth-order valence-corrected chi connectivity index (χ4v) is 1.69. The second kappa shape index (κ2) is 4.11. The van der Waals surface area contributed by atoms with Gasteiger partial charge in [0.25, 0.3) is 5.56 Å². The molecule has 0 saturated carbocycles. The number of nitrogens with one attached hydrogen (secondary N) is 1. The normalized spacial score (nSPS) is 22.2. The minimum Gasteiger partial charge on any atom is -0.372 e. The zero-order valence-corrected chi connectivity index (χ0v) is 8.38. The molecule has 0 bridgehead atoms. The third kappa shape index (κ3) is 1.96. The van der Waals surface area contributed by atoms with Gasteiger partial charge in [0.1, 0.15) is 11.1 Å². The number of aromatic nitrogens is 2. The number of aromatic amines is 1. The fourth-order valence-electron chi connectivity index (χ4n) is 1.54. The summed E-state index contributed by atoms with van der Waals surface area (Å²) in [6.45, 7) is 0.753. The van der Waals surface area contributed by atoms with Crippen LogP contribution in [-0.2, 0) is 4.74 Å². The van der Waals surface area contributed by atoms with E-state index in [9.17, 15) is 4.79 Å². The Labute approximate surface area is 86.2 Å². The summed E-state index contributed by atoms with van der Waals surface area (Å²) in [4.78, 5) is 11.0. The highest BCUT2D eigenvalue weighted by molar-refractivity contribution is 6.30. The lowest BCUT2D eigenvalue weighted by Gasteiger charge is -2.21. The molecule has 1 unspecified atom stereocenters. The molecule has 1 aliphatic heterocycles. The van der Waals surface area contributed by atoms with E-state index >= 15 is 0 Å². The van der Waals surface area contributed by atoms with E-state index in [0.717, 1.165) is 25.9 Å². The molecule has 5 heteroatoms. The smallest absolute Gasteiger partial charge is 0.282 e. The highest BCUT2D eigenvalue weighted by Crippen LogP contribution is 2.26. The average molecular weight is 215 g/mol. The molecule has 1 fully saturated rings. The van der Waals surface area contributed by atoms with Gasteiger partial charge in [-0.05, 0) is 25.3 Å². The Kier molecular flexibility index (Phi) is 2.84. The lowest BCUT2D eigenvalue weighted by molar-refractivity contribution is 0.0117. The van der Waals surface area contributed by atoms with Crippen LogP contribution in [0.2, 0.25) is 5.02 Å². The number of H-pyrrole nitrogens is 1. The van der Waals surface area contributed by atoms with Crippen molar-refractivity contribution in [3.63, 3.8) is 0 Å². The van der Waals surface area contributed by atoms with Gasteiger partial charge >= 0.3 is 0 Å². The Morgan fingerprint density at radius 1 is 1.57 bits per heavy atom. The molecule has 76 valence electrons. The Morgan fingerprint density at radius 2 is 2.43 bits per heavy atom. The van der Waals surface area contributed by atoms with E-state index < -0.39 is 0 Å². The van der Waals surface area contributed by atoms with Gasteiger partial charge in [-0.1, -0.05) is 11.6 Å². The van der Waals surface area contributed by atoms with Crippen LogP contribution in [0.25, 0.3) is 0 Å². The van der Waals surface area contributed by atoms with Gasteiger partial charge in [-0.2, -0.15) is 5.10 Å². The largest absolute Gasteiger partial charge is 0.372 e. The van der Waals surface area contributed by atoms with E-state index in [4.69, 9.17) is 16.3 Å². The zero-order valence-electron chi connectivity index (χ0n) is 7.62. The van der Waals surface area contributed by atoms with E-state index in [0.29, 0.717) is 5.69 Å². The molecular weight excluding hydrogens is 204 g/mol. The molecule has 1 N–H and O–H groups in total. The SMILES string of the molecule is O=c1[nH]nc(C2CCCCO2)cc1Cl. The second-order valence-electron chi connectivity index (χ2n) is 3.33. The first-order chi connectivity index (χ1) is 6.77. The van der Waals surface area contributed by atoms with E-state index in [2.05, 4.69) is 10.2 Å². The molecule has 0 amide bonds. The van der Waals surface area contributed by atoms with Crippen LogP contribution in [0.5, 0.6) is 0 Å². The molecule has 0 spiro atoms. The quantitative estimate of drug-likeness (QED) is 0.774. The van der Waals surface area contributed by atoms with E-state index in [1.165, 1.54) is 0 Å². The van der Waals surface area contributed by atoms with Crippen LogP contribution in [0.4, 0.5) is 0 Å². The van der Waals surface area contributed by atoms with Crippen molar-refractivity contribution in [3.05, 3.63) is 27.1 Å². The van der Waals surface area contributed by atoms with Crippen LogP contribution in [-0.4, -0.2) is 16.8 Å². The number of ether oxygens (including phenoxy) is 1. The van der Waals surface area contributed by atoms with Gasteiger partial charge in [0.05, 0.1) is 5.69 Å². The number of nitrogens with zero attached hydrogens (tertiary/aromatic N) is 1. The summed E-state index contributed by atoms with van der Waals surface area (Å²) >= 11 is 5.69. The van der Waals surface area contributed by atoms with Crippen molar-refractivity contribution in [3.8, 4) is 0 Å². The zero-order chi connectivity index (χ0) is 9.97. The van der Waals surface area contributed by atoms with Crippen molar-refractivity contribution in [2.24, 2.45) is 0 Å². The first kappa shape index (κ1) is 9.68. The summed E-state index contributed by atoms with van der Waals surface area (Å²) in [6.07, 6.45) is 3.14. The first-order valence-corrected chi connectivity index (χ1v) is 5.02. The van der Waals surface area contributed by atoms with E-state index in [1.807, 2.05) is 0 Å². The summed E-state index contributed by atoms with van der Waals surface area (Å²) in [5.41, 5.74) is 0.362. The van der Waals surface area contributed by atoms with Crippen LogP contribution >= 0.6 is 11.6 Å². The van der Waals surface area contributed by atoms with Gasteiger partial charge in [-0.25, -0.2) is 5.10 Å². The summed E-state index contributed by atoms with van der Waals surface area (Å²) in [5, 5.41) is 6.43. The van der Waals surface area contributed by atoms with Gasteiger partial charge in [0.15, 0.2) is 0 Å². The minimum absolute atomic E-state index is 0.0156. The Balaban J connectivity index is 2.22. The maximum Gasteiger partial charge on any atom is 0.282 e. The van der Waals surface area contributed by atoms with Crippen molar-refractivity contribution in [1.29, 1.82) is 0 Å². The fraction of sp³-hybridized carbons (Fsp3) is 0.556. The number of hydrogen-bond donors (Lipinski definition) is 1. The Bertz CT molecular complexity index is 371. The molecule has 1 atom stereocenters. The summed E-state index contributed by atoms with van der Waals surface area (Å²) in [6, 6.07) is 1.58. The highest BCUT2D eigenvalue weighted by atomic mass is 35.5. The van der Waals surface area contributed by atoms with E-state index in [-0.39, 0.29) is 16.7 Å². The molecule has 4 nitrogen and oxygen atoms in total. The monoisotopic (exact) mass is 214 g/mol. The van der Waals surface area contributed by atoms with Crippen LogP contribution in [0, 0.1) is 0 Å². The lowest BCUT2D eigenvalue weighted by Crippen LogP contribution is -2.17. The standard InChI is InChI=1S/C9H11ClN2O2/c10-6-5-7(11-12-9(6)13)8-3-1-2-4-14-8/h5,8H,1-4H2,(H,12,13). The second-order valence-corrected chi connectivity index (χ2v) is 3.73. The Morgan fingerprint density at radius 3 is 3.07 bits per heavy atom. The molecule has 1 saturated heterocycles. The highest BCUT2D eigenvalue weighted by Gasteiger charge is 2.18. The van der Waals surface area contributed by atoms with Crippen molar-refractivity contribution in [1.82, 2.24) is 10.2 Å². The van der Waals surface area contributed by atoms with Gasteiger partial charge < -0.3 is 4.74 Å². The molecule has 0 aromatic carbocycles. The van der Waals surface area contributed by atoms with Crippen molar-refractivity contribution in [2.45, 2.75) is 25.4 Å². The van der Waals surface area contributed by atoms with Gasteiger partial charge in [0.2, 0.25) is 0 Å². The molecule has 1 aromatic rings. The molecule has 2 heterocycles. The molecule has 14 heavy (non-hydrogen) atoms. The topological polar surface area (TPSA) is 55.0 Å². The Hall–Kier alpha value is -0.870. The molecule has 0 radical (unpaired) electrons. The molecule has 1 aromatic heterocycles. The van der Waals surface area contributed by atoms with Gasteiger partial charge in [0, 0.05) is 6.61 Å². The molecule has 2 rings (SSSR count). The van der Waals surface area contributed by atoms with Gasteiger partial charge in [-0.15, -0.1) is 0 Å². The predicted molar refractivity (Wildman–Crippen MR) is 52.4 cm³/mol. The molecule has 1 aliphatic rings. The van der Waals surface area contributed by atoms with Crippen LogP contribution in [0.15, 0.2) is 10.9 Å². The number of rotatable bonds is 1. The third-order valence-corrected chi connectivity index (χ3v) is 2.57. The van der Waals surface area contributed by atoms with Crippen LogP contribution in [0.3, 0.4) is 0 Å². The molecular formula is C9H11ClN2O2. The lowest BCUT2D eigenvalue weighted by atomic mass is 10.1. The maximum atomic E-state index is 11.0. The summed E-state index contributed by atoms with van der Waals surface area (Å²) in [5.74, 6) is 0. The summed E-state index contributed by atoms with van der Waals surface area (Å²) < 4.78 is 5.52. The third-order valence-electron chi connectivity index (χ3n) is 2.29. The van der Waals surface area contributed by atoms with Gasteiger partial charge in [-0.3, -0.25) is 4.79 Å². The summed E-state index contributed by atoms with van der Waals surface area (Å²) in [7, 11) is 0. The van der Waals surface area contributed by atoms with Crippen molar-refractivity contribution < 1.29 is 4.74 Å². The van der Waals surface area contributed by atoms with Crippen LogP contribution < -0.4 is 5.56 Å². The molecule has 0 aliphatic carbocycles.